The number of amides is 1. The standard InChI is InChI=1S/C25H23N3O3/c1-2-14-30-23-12-10-22(11-13-23)25(29)28-27-17-21-4-3-5-24(15-21)31-18-20-8-6-19(16-26)7-9-20/h3-13,15,17H,2,14,18H2,1H3,(H,28,29)/b27-17-. The molecule has 0 atom stereocenters. The van der Waals surface area contributed by atoms with Gasteiger partial charge in [0.1, 0.15) is 18.1 Å². The van der Waals surface area contributed by atoms with E-state index in [1.54, 1.807) is 42.6 Å². The summed E-state index contributed by atoms with van der Waals surface area (Å²) < 4.78 is 11.3. The fraction of sp³-hybridized carbons (Fsp3) is 0.160. The lowest BCUT2D eigenvalue weighted by atomic mass is 10.1. The van der Waals surface area contributed by atoms with Gasteiger partial charge in [0.15, 0.2) is 0 Å². The Balaban J connectivity index is 1.52. The molecule has 0 aliphatic heterocycles. The van der Waals surface area contributed by atoms with Crippen molar-refractivity contribution < 1.29 is 14.3 Å². The fourth-order valence-corrected chi connectivity index (χ4v) is 2.68. The fourth-order valence-electron chi connectivity index (χ4n) is 2.68. The second-order valence-electron chi connectivity index (χ2n) is 6.74. The molecule has 0 saturated carbocycles. The molecule has 1 N–H and O–H groups in total. The van der Waals surface area contributed by atoms with E-state index < -0.39 is 0 Å². The number of hydrogen-bond acceptors (Lipinski definition) is 5. The maximum atomic E-state index is 12.2. The van der Waals surface area contributed by atoms with E-state index in [2.05, 4.69) is 16.6 Å². The first kappa shape index (κ1) is 21.6. The predicted molar refractivity (Wildman–Crippen MR) is 119 cm³/mol. The summed E-state index contributed by atoms with van der Waals surface area (Å²) in [5.41, 5.74) is 5.40. The Hall–Kier alpha value is -4.11. The Bertz CT molecular complexity index is 1070. The average Bonchev–Trinajstić information content (AvgIpc) is 2.82. The Morgan fingerprint density at radius 3 is 2.52 bits per heavy atom. The zero-order valence-corrected chi connectivity index (χ0v) is 17.2. The molecule has 3 aromatic carbocycles. The SMILES string of the molecule is CCCOc1ccc(C(=O)N/N=C\c2cccc(OCc3ccc(C#N)cc3)c2)cc1. The van der Waals surface area contributed by atoms with Crippen LogP contribution in [0.2, 0.25) is 0 Å². The van der Waals surface area contributed by atoms with Crippen molar-refractivity contribution in [2.45, 2.75) is 20.0 Å². The lowest BCUT2D eigenvalue weighted by molar-refractivity contribution is 0.0955. The third-order valence-electron chi connectivity index (χ3n) is 4.32. The maximum absolute atomic E-state index is 12.2. The zero-order valence-electron chi connectivity index (χ0n) is 17.2. The van der Waals surface area contributed by atoms with Crippen molar-refractivity contribution in [3.8, 4) is 17.6 Å². The highest BCUT2D eigenvalue weighted by Gasteiger charge is 2.04. The number of carbonyl (C=O) groups excluding carboxylic acids is 1. The minimum Gasteiger partial charge on any atom is -0.494 e. The van der Waals surface area contributed by atoms with Gasteiger partial charge in [0.25, 0.3) is 5.91 Å². The summed E-state index contributed by atoms with van der Waals surface area (Å²) in [5, 5.41) is 12.9. The third kappa shape index (κ3) is 6.72. The molecule has 0 spiro atoms. The largest absolute Gasteiger partial charge is 0.494 e. The van der Waals surface area contributed by atoms with E-state index >= 15 is 0 Å². The molecule has 6 heteroatoms. The smallest absolute Gasteiger partial charge is 0.271 e. The van der Waals surface area contributed by atoms with Gasteiger partial charge in [0.2, 0.25) is 0 Å². The monoisotopic (exact) mass is 413 g/mol. The summed E-state index contributed by atoms with van der Waals surface area (Å²) in [6.45, 7) is 3.07. The van der Waals surface area contributed by atoms with Crippen LogP contribution in [0.1, 0.15) is 40.4 Å². The predicted octanol–water partition coefficient (Wildman–Crippen LogP) is 4.69. The number of hydrogen-bond donors (Lipinski definition) is 1. The number of rotatable bonds is 9. The summed E-state index contributed by atoms with van der Waals surface area (Å²) in [7, 11) is 0. The Kier molecular flexibility index (Phi) is 7.78. The Labute approximate surface area is 181 Å². The molecule has 0 aliphatic rings. The topological polar surface area (TPSA) is 83.7 Å². The second kappa shape index (κ2) is 11.2. The van der Waals surface area contributed by atoms with Gasteiger partial charge in [0, 0.05) is 5.56 Å². The van der Waals surface area contributed by atoms with E-state index in [1.165, 1.54) is 0 Å². The summed E-state index contributed by atoms with van der Waals surface area (Å²) in [5.74, 6) is 1.12. The van der Waals surface area contributed by atoms with E-state index in [4.69, 9.17) is 14.7 Å². The van der Waals surface area contributed by atoms with Crippen molar-refractivity contribution >= 4 is 12.1 Å². The van der Waals surface area contributed by atoms with Crippen LogP contribution in [0.5, 0.6) is 11.5 Å². The van der Waals surface area contributed by atoms with Gasteiger partial charge in [-0.2, -0.15) is 10.4 Å². The molecule has 0 radical (unpaired) electrons. The first-order valence-electron chi connectivity index (χ1n) is 9.96. The third-order valence-corrected chi connectivity index (χ3v) is 4.32. The van der Waals surface area contributed by atoms with E-state index in [-0.39, 0.29) is 5.91 Å². The highest BCUT2D eigenvalue weighted by molar-refractivity contribution is 5.95. The van der Waals surface area contributed by atoms with E-state index in [0.717, 1.165) is 23.3 Å². The minimum absolute atomic E-state index is 0.300. The molecular weight excluding hydrogens is 390 g/mol. The van der Waals surface area contributed by atoms with Crippen LogP contribution in [0.3, 0.4) is 0 Å². The molecule has 1 amide bonds. The van der Waals surface area contributed by atoms with Gasteiger partial charge >= 0.3 is 0 Å². The number of hydrazone groups is 1. The normalized spacial score (nSPS) is 10.5. The lowest BCUT2D eigenvalue weighted by Gasteiger charge is -2.07. The minimum atomic E-state index is -0.300. The highest BCUT2D eigenvalue weighted by Crippen LogP contribution is 2.15. The van der Waals surface area contributed by atoms with Crippen LogP contribution in [-0.2, 0) is 6.61 Å². The molecule has 0 bridgehead atoms. The van der Waals surface area contributed by atoms with Crippen LogP contribution in [-0.4, -0.2) is 18.7 Å². The molecule has 3 aromatic rings. The van der Waals surface area contributed by atoms with Gasteiger partial charge in [-0.3, -0.25) is 4.79 Å². The van der Waals surface area contributed by atoms with Crippen LogP contribution in [0.25, 0.3) is 0 Å². The summed E-state index contributed by atoms with van der Waals surface area (Å²) >= 11 is 0. The van der Waals surface area contributed by atoms with Crippen LogP contribution < -0.4 is 14.9 Å². The van der Waals surface area contributed by atoms with E-state index in [9.17, 15) is 4.79 Å². The summed E-state index contributed by atoms with van der Waals surface area (Å²) in [4.78, 5) is 12.2. The molecule has 6 nitrogen and oxygen atoms in total. The number of benzene rings is 3. The lowest BCUT2D eigenvalue weighted by Crippen LogP contribution is -2.17. The molecule has 31 heavy (non-hydrogen) atoms. The zero-order chi connectivity index (χ0) is 21.9. The molecular formula is C25H23N3O3. The number of nitriles is 1. The van der Waals surface area contributed by atoms with Gasteiger partial charge in [-0.1, -0.05) is 31.2 Å². The van der Waals surface area contributed by atoms with E-state index in [0.29, 0.717) is 30.1 Å². The molecule has 0 unspecified atom stereocenters. The Morgan fingerprint density at radius 1 is 1.03 bits per heavy atom. The van der Waals surface area contributed by atoms with E-state index in [1.807, 2.05) is 43.3 Å². The molecule has 156 valence electrons. The van der Waals surface area contributed by atoms with Crippen LogP contribution in [0.4, 0.5) is 0 Å². The molecule has 0 saturated heterocycles. The number of carbonyl (C=O) groups is 1. The summed E-state index contributed by atoms with van der Waals surface area (Å²) in [6.07, 6.45) is 2.49. The van der Waals surface area contributed by atoms with Gasteiger partial charge < -0.3 is 9.47 Å². The van der Waals surface area contributed by atoms with Crippen LogP contribution in [0.15, 0.2) is 77.9 Å². The quantitative estimate of drug-likeness (QED) is 0.407. The molecule has 0 fully saturated rings. The summed E-state index contributed by atoms with van der Waals surface area (Å²) in [6, 6.07) is 23.7. The molecule has 3 rings (SSSR count). The van der Waals surface area contributed by atoms with Gasteiger partial charge in [-0.05, 0) is 66.1 Å². The van der Waals surface area contributed by atoms with Crippen molar-refractivity contribution in [1.29, 1.82) is 5.26 Å². The van der Waals surface area contributed by atoms with Crippen molar-refractivity contribution in [3.63, 3.8) is 0 Å². The first-order chi connectivity index (χ1) is 15.2. The molecule has 0 aliphatic carbocycles. The van der Waals surface area contributed by atoms with Crippen molar-refractivity contribution in [2.24, 2.45) is 5.10 Å². The first-order valence-corrected chi connectivity index (χ1v) is 9.96. The number of nitrogens with zero attached hydrogens (tertiary/aromatic N) is 2. The number of ether oxygens (including phenoxy) is 2. The number of nitrogens with one attached hydrogen (secondary N) is 1. The average molecular weight is 413 g/mol. The van der Waals surface area contributed by atoms with Crippen LogP contribution in [0, 0.1) is 11.3 Å². The van der Waals surface area contributed by atoms with Crippen LogP contribution >= 0.6 is 0 Å². The Morgan fingerprint density at radius 2 is 1.81 bits per heavy atom. The van der Waals surface area contributed by atoms with Crippen molar-refractivity contribution in [3.05, 3.63) is 95.1 Å². The second-order valence-corrected chi connectivity index (χ2v) is 6.74. The van der Waals surface area contributed by atoms with Crippen molar-refractivity contribution in [1.82, 2.24) is 5.43 Å². The maximum Gasteiger partial charge on any atom is 0.271 e. The van der Waals surface area contributed by atoms with Gasteiger partial charge in [-0.15, -0.1) is 0 Å². The molecule has 0 heterocycles. The highest BCUT2D eigenvalue weighted by atomic mass is 16.5. The van der Waals surface area contributed by atoms with Gasteiger partial charge in [0.05, 0.1) is 24.5 Å². The van der Waals surface area contributed by atoms with Gasteiger partial charge in [-0.25, -0.2) is 5.43 Å². The van der Waals surface area contributed by atoms with Crippen molar-refractivity contribution in [2.75, 3.05) is 6.61 Å². The molecule has 0 aromatic heterocycles.